The number of Topliss-reactive ketones (excluding diaryl/α,β-unsaturated/α-hetero) is 1. The topological polar surface area (TPSA) is 702 Å². The summed E-state index contributed by atoms with van der Waals surface area (Å²) in [5.41, 5.74) is 20.3. The summed E-state index contributed by atoms with van der Waals surface area (Å²) in [5.74, 6) is -30.2. The van der Waals surface area contributed by atoms with Crippen molar-refractivity contribution in [1.82, 2.24) is 74.1 Å². The van der Waals surface area contributed by atoms with E-state index in [0.717, 1.165) is 52.0 Å². The number of aryl methyl sites for hydroxylation is 1. The van der Waals surface area contributed by atoms with Crippen LogP contribution in [0.5, 0.6) is 0 Å². The number of nitrogens with two attached hydrogens (primary N) is 3. The van der Waals surface area contributed by atoms with Crippen LogP contribution in [-0.4, -0.2) is 248 Å². The number of amides is 14. The molecule has 120 heavy (non-hydrogen) atoms. The number of fused-ring (bicyclic) bond motifs is 1. The van der Waals surface area contributed by atoms with Crippen LogP contribution in [0.25, 0.3) is 16.5 Å². The van der Waals surface area contributed by atoms with E-state index in [1.807, 2.05) is 40.2 Å². The number of anilines is 1. The molecule has 0 radical (unpaired) electrons. The van der Waals surface area contributed by atoms with E-state index in [1.54, 1.807) is 37.4 Å². The Morgan fingerprint density at radius 3 is 1.73 bits per heavy atom. The van der Waals surface area contributed by atoms with Crippen LogP contribution in [0.1, 0.15) is 132 Å². The van der Waals surface area contributed by atoms with Crippen molar-refractivity contribution in [2.24, 2.45) is 17.4 Å². The maximum atomic E-state index is 14.9. The number of nitrogen functional groups attached to an aromatic ring is 1. The summed E-state index contributed by atoms with van der Waals surface area (Å²) in [7, 11) is 0. The Hall–Kier alpha value is -13.7. The lowest BCUT2D eigenvalue weighted by molar-refractivity contribution is -0.156. The fourth-order valence-electron chi connectivity index (χ4n) is 12.2. The number of nitrogens with one attached hydrogen (secondary N) is 14. The number of aliphatic hydroxyl groups excluding tert-OH is 1. The van der Waals surface area contributed by atoms with Gasteiger partial charge in [0.2, 0.25) is 82.7 Å². The molecule has 0 spiro atoms. The summed E-state index contributed by atoms with van der Waals surface area (Å²) in [6.45, 7) is 2.75. The van der Waals surface area contributed by atoms with E-state index in [2.05, 4.69) is 65.1 Å². The van der Waals surface area contributed by atoms with Crippen molar-refractivity contribution in [1.29, 1.82) is 0 Å². The summed E-state index contributed by atoms with van der Waals surface area (Å²) < 4.78 is 5.69. The molecule has 1 fully saturated rings. The van der Waals surface area contributed by atoms with Gasteiger partial charge < -0.3 is 122 Å². The van der Waals surface area contributed by atoms with Crippen molar-refractivity contribution in [3.8, 4) is 0 Å². The molecule has 4 aromatic rings. The van der Waals surface area contributed by atoms with Gasteiger partial charge in [0.1, 0.15) is 72.6 Å². The zero-order chi connectivity index (χ0) is 89.2. The van der Waals surface area contributed by atoms with E-state index >= 15 is 0 Å². The van der Waals surface area contributed by atoms with Gasteiger partial charge in [0, 0.05) is 47.3 Å². The van der Waals surface area contributed by atoms with E-state index in [1.165, 1.54) is 30.3 Å². The SMILES string of the molecule is CCCCCc1ccc(C(C)=CC(=O)NC(Cc2c[nH]c3ccccc23)C(=O)NC(CC(N)=O)C(=O)NC(CC(=O)O)C(=O)NC2C(=O)NCC(=O)NC(CCCN)C(=O)NC(CC(=O)O)C(=O)NC(C)C(=O)NC(CC(=O)O)C(=O)NCC(=O)NC(CO)C(=O)NC(C(C)CC(=O)O)C(=O)NC(CC(=O)c3ccccc3N)C(=O)OC2C)cc1. The van der Waals surface area contributed by atoms with Gasteiger partial charge in [0.15, 0.2) is 5.78 Å². The maximum Gasteiger partial charge on any atom is 0.329 e. The number of aliphatic hydroxyl groups is 1. The lowest BCUT2D eigenvalue weighted by Crippen LogP contribution is -2.62. The second-order valence-electron chi connectivity index (χ2n) is 28.3. The number of ether oxygens (including phenoxy) is 1. The molecule has 650 valence electrons. The van der Waals surface area contributed by atoms with Crippen molar-refractivity contribution in [3.05, 3.63) is 107 Å². The summed E-state index contributed by atoms with van der Waals surface area (Å²) in [4.78, 5) is 278. The lowest BCUT2D eigenvalue weighted by atomic mass is 9.96. The highest BCUT2D eigenvalue weighted by Crippen LogP contribution is 2.22. The van der Waals surface area contributed by atoms with Gasteiger partial charge in [-0.15, -0.1) is 0 Å². The molecule has 13 unspecified atom stereocenters. The highest BCUT2D eigenvalue weighted by molar-refractivity contribution is 6.06. The fourth-order valence-corrected chi connectivity index (χ4v) is 12.2. The molecule has 43 nitrogen and oxygen atoms in total. The first-order valence-corrected chi connectivity index (χ1v) is 38.0. The number of carbonyl (C=O) groups is 20. The van der Waals surface area contributed by atoms with Crippen molar-refractivity contribution in [2.45, 2.75) is 191 Å². The third-order valence-electron chi connectivity index (χ3n) is 18.7. The van der Waals surface area contributed by atoms with E-state index in [-0.39, 0.29) is 30.6 Å². The van der Waals surface area contributed by atoms with Crippen molar-refractivity contribution in [3.63, 3.8) is 0 Å². The summed E-state index contributed by atoms with van der Waals surface area (Å²) in [5, 5.41) is 78.7. The third kappa shape index (κ3) is 31.4. The Labute approximate surface area is 685 Å². The highest BCUT2D eigenvalue weighted by Gasteiger charge is 2.41. The first kappa shape index (κ1) is 96.8. The Balaban J connectivity index is 1.61. The number of primary amides is 1. The lowest BCUT2D eigenvalue weighted by Gasteiger charge is -2.30. The van der Waals surface area contributed by atoms with Crippen LogP contribution in [0.15, 0.2) is 85.1 Å². The van der Waals surface area contributed by atoms with Gasteiger partial charge in [-0.1, -0.05) is 81.3 Å². The van der Waals surface area contributed by atoms with Gasteiger partial charge in [-0.3, -0.25) is 91.1 Å². The van der Waals surface area contributed by atoms with Crippen LogP contribution in [0.4, 0.5) is 5.69 Å². The molecule has 0 aliphatic carbocycles. The van der Waals surface area contributed by atoms with Crippen LogP contribution < -0.4 is 86.3 Å². The third-order valence-corrected chi connectivity index (χ3v) is 18.7. The van der Waals surface area contributed by atoms with Gasteiger partial charge in [-0.2, -0.15) is 0 Å². The molecular weight excluding hydrogens is 1580 g/mol. The smallest absolute Gasteiger partial charge is 0.329 e. The van der Waals surface area contributed by atoms with Crippen LogP contribution in [-0.2, 0) is 109 Å². The predicted molar refractivity (Wildman–Crippen MR) is 421 cm³/mol. The minimum Gasteiger partial charge on any atom is -0.481 e. The molecule has 1 saturated heterocycles. The Morgan fingerprint density at radius 2 is 1.13 bits per heavy atom. The summed E-state index contributed by atoms with van der Waals surface area (Å²) >= 11 is 0. The van der Waals surface area contributed by atoms with Crippen molar-refractivity contribution < 1.29 is 126 Å². The Kier molecular flexibility index (Phi) is 38.3. The fraction of sp³-hybridized carbons (Fsp3) is 0.455. The number of aromatic nitrogens is 1. The number of aliphatic carboxylic acids is 4. The predicted octanol–water partition coefficient (Wildman–Crippen LogP) is -4.93. The van der Waals surface area contributed by atoms with Gasteiger partial charge in [-0.25, -0.2) is 4.79 Å². The number of cyclic esters (lactones) is 1. The first-order chi connectivity index (χ1) is 56.7. The molecule has 1 aromatic heterocycles. The summed E-state index contributed by atoms with van der Waals surface area (Å²) in [6, 6.07) is -3.37. The average Bonchev–Trinajstić information content (AvgIpc) is 1.76. The van der Waals surface area contributed by atoms with E-state index in [0.29, 0.717) is 27.6 Å². The molecule has 0 saturated carbocycles. The second-order valence-corrected chi connectivity index (χ2v) is 28.3. The second kappa shape index (κ2) is 47.5. The van der Waals surface area contributed by atoms with E-state index < -0.39 is 261 Å². The maximum absolute atomic E-state index is 14.9. The van der Waals surface area contributed by atoms with Crippen LogP contribution in [0.3, 0.4) is 0 Å². The molecule has 3 aromatic carbocycles. The number of para-hydroxylation sites is 2. The molecule has 14 amide bonds. The minimum absolute atomic E-state index is 0.0998. The molecule has 1 aliphatic rings. The van der Waals surface area contributed by atoms with E-state index in [4.69, 9.17) is 21.9 Å². The van der Waals surface area contributed by atoms with Crippen molar-refractivity contribution >= 4 is 140 Å². The number of esters is 1. The van der Waals surface area contributed by atoms with Crippen LogP contribution in [0.2, 0.25) is 0 Å². The number of hydrogen-bond acceptors (Lipinski definition) is 24. The molecule has 5 rings (SSSR count). The first-order valence-electron chi connectivity index (χ1n) is 38.0. The molecule has 1 aliphatic heterocycles. The largest absolute Gasteiger partial charge is 0.481 e. The molecule has 25 N–H and O–H groups in total. The zero-order valence-electron chi connectivity index (χ0n) is 66.2. The highest BCUT2D eigenvalue weighted by atomic mass is 16.5. The van der Waals surface area contributed by atoms with Crippen LogP contribution in [0, 0.1) is 5.92 Å². The van der Waals surface area contributed by atoms with E-state index in [9.17, 15) is 121 Å². The summed E-state index contributed by atoms with van der Waals surface area (Å²) in [6.07, 6.45) is -3.41. The van der Waals surface area contributed by atoms with Gasteiger partial charge in [-0.05, 0) is 99.4 Å². The molecule has 13 atom stereocenters. The molecule has 0 bridgehead atoms. The molecule has 43 heteroatoms. The number of rotatable bonds is 33. The molecular formula is C77H101N17O26. The number of aromatic amines is 1. The van der Waals surface area contributed by atoms with Gasteiger partial charge in [0.05, 0.1) is 51.8 Å². The number of carboxylic acid groups (broad SMARTS) is 4. The number of carbonyl (C=O) groups excluding carboxylic acids is 16. The average molecular weight is 1680 g/mol. The standard InChI is InChI=1S/C77H101N17O26/c1-6-7-8-14-41-20-22-42(23-21-41)37(2)25-58(98)86-49(27-43-33-81-47-18-12-10-15-44(43)47)71(113)89-50(29-57(80)97)72(114)91-53(32-64(107)108)73(115)94-66-40(5)120-77(119)54(28-56(96)45-16-9-11-17-46(45)79)92-76(118)65(38(3)26-61(101)102)93-74(116)55(36-95)87-60(100)34-82-68(110)51(30-62(103)104)88-67(109)39(4)84-70(112)52(31-63(105)106)90-69(111)48(19-13-24-78)85-59(99)35-83-75(66)117/h9-12,15-18,20-23,25,33,38-40,48-55,65-66,81,95H,6-8,13-14,19,24,26-32,34-36,78-79H2,1-5H3,(H2,80,97)(H,82,110)(H,83,117)(H,84,112)(H,85,99)(H,86,98)(H,87,100)(H,88,109)(H,89,113)(H,90,111)(H,91,114)(H,92,118)(H,93,116)(H,94,115)(H,101,102)(H,103,104)(H,105,106)(H,107,108). The minimum atomic E-state index is -2.47. The number of carboxylic acids is 4. The van der Waals surface area contributed by atoms with Crippen LogP contribution >= 0.6 is 0 Å². The number of unbranched alkanes of at least 4 members (excludes halogenated alkanes) is 2. The number of H-pyrrole nitrogens is 1. The Morgan fingerprint density at radius 1 is 0.575 bits per heavy atom. The monoisotopic (exact) mass is 1680 g/mol. The number of benzene rings is 3. The normalized spacial score (nSPS) is 20.9. The van der Waals surface area contributed by atoms with Gasteiger partial charge >= 0.3 is 29.8 Å². The quantitative estimate of drug-likeness (QED) is 0.00699. The van der Waals surface area contributed by atoms with Gasteiger partial charge in [0.25, 0.3) is 0 Å². The Bertz CT molecular complexity index is 4490. The number of hydrogen-bond donors (Lipinski definition) is 22. The zero-order valence-corrected chi connectivity index (χ0v) is 66.2. The number of allylic oxidation sites excluding steroid dienone is 1. The molecule has 2 heterocycles. The number of ketones is 1. The van der Waals surface area contributed by atoms with Crippen molar-refractivity contribution in [2.75, 3.05) is 32.0 Å².